The quantitative estimate of drug-likeness (QED) is 0.823. The first-order chi connectivity index (χ1) is 10.8. The summed E-state index contributed by atoms with van der Waals surface area (Å²) in [7, 11) is -4.24. The minimum atomic E-state index is -4.24. The number of phenolic OH excluding ortho intramolecular Hbond substituents is 1. The second-order valence-corrected chi connectivity index (χ2v) is 6.45. The molecule has 1 aromatic carbocycles. The zero-order valence-corrected chi connectivity index (χ0v) is 12.6. The lowest BCUT2D eigenvalue weighted by Gasteiger charge is -2.18. The molecular weight excluding hydrogens is 327 g/mol. The summed E-state index contributed by atoms with van der Waals surface area (Å²) < 4.78 is 40.7. The molecule has 2 N–H and O–H groups in total. The number of hydrogen-bond donors (Lipinski definition) is 2. The standard InChI is InChI=1S/C13H11FN4O4S/c1-7-15-4-8(5-16-7)9-2-3-10(19)13(12(9)14)18-6-11(20)17-23(18,21)22/h2-5,19H,6H2,1H3,(H,17,20). The molecule has 1 aromatic heterocycles. The van der Waals surface area contributed by atoms with E-state index < -0.39 is 39.9 Å². The molecule has 10 heteroatoms. The number of aromatic nitrogens is 2. The largest absolute Gasteiger partial charge is 0.506 e. The number of anilines is 1. The van der Waals surface area contributed by atoms with Crippen LogP contribution < -0.4 is 9.03 Å². The Labute approximate surface area is 130 Å². The summed E-state index contributed by atoms with van der Waals surface area (Å²) in [6.07, 6.45) is 2.76. The van der Waals surface area contributed by atoms with Crippen LogP contribution in [0.3, 0.4) is 0 Å². The smallest absolute Gasteiger partial charge is 0.326 e. The number of amides is 1. The number of nitrogens with zero attached hydrogens (tertiary/aromatic N) is 3. The summed E-state index contributed by atoms with van der Waals surface area (Å²) in [5.74, 6) is -1.91. The van der Waals surface area contributed by atoms with Crippen LogP contribution in [0.15, 0.2) is 24.5 Å². The average Bonchev–Trinajstić information content (AvgIpc) is 2.73. The predicted octanol–water partition coefficient (Wildman–Crippen LogP) is 0.478. The van der Waals surface area contributed by atoms with Gasteiger partial charge in [0.25, 0.3) is 5.91 Å². The molecule has 1 aliphatic rings. The second kappa shape index (κ2) is 5.16. The van der Waals surface area contributed by atoms with Gasteiger partial charge in [-0.15, -0.1) is 0 Å². The lowest BCUT2D eigenvalue weighted by molar-refractivity contribution is -0.117. The highest BCUT2D eigenvalue weighted by Gasteiger charge is 2.37. The van der Waals surface area contributed by atoms with Crippen LogP contribution in [0.1, 0.15) is 5.82 Å². The van der Waals surface area contributed by atoms with Gasteiger partial charge in [-0.2, -0.15) is 8.42 Å². The Morgan fingerprint density at radius 3 is 2.52 bits per heavy atom. The third kappa shape index (κ3) is 2.57. The lowest BCUT2D eigenvalue weighted by atomic mass is 10.1. The molecular formula is C13H11FN4O4S. The maximum atomic E-state index is 14.8. The Kier molecular flexibility index (Phi) is 3.40. The number of carbonyl (C=O) groups excluding carboxylic acids is 1. The Morgan fingerprint density at radius 2 is 1.96 bits per heavy atom. The van der Waals surface area contributed by atoms with Gasteiger partial charge in [0, 0.05) is 23.5 Å². The van der Waals surface area contributed by atoms with Crippen molar-refractivity contribution < 1.29 is 22.7 Å². The van der Waals surface area contributed by atoms with Crippen LogP contribution in [0.2, 0.25) is 0 Å². The van der Waals surface area contributed by atoms with Gasteiger partial charge in [-0.3, -0.25) is 4.79 Å². The number of halogens is 1. The van der Waals surface area contributed by atoms with E-state index in [0.717, 1.165) is 6.07 Å². The van der Waals surface area contributed by atoms with Crippen LogP contribution in [0.25, 0.3) is 11.1 Å². The van der Waals surface area contributed by atoms with Gasteiger partial charge in [0.05, 0.1) is 0 Å². The van der Waals surface area contributed by atoms with Crippen LogP contribution in [0, 0.1) is 12.7 Å². The Morgan fingerprint density at radius 1 is 1.30 bits per heavy atom. The Hall–Kier alpha value is -2.75. The molecule has 0 atom stereocenters. The third-order valence-electron chi connectivity index (χ3n) is 3.26. The zero-order valence-electron chi connectivity index (χ0n) is 11.8. The topological polar surface area (TPSA) is 112 Å². The van der Waals surface area contributed by atoms with Gasteiger partial charge in [0.2, 0.25) is 0 Å². The number of nitrogens with one attached hydrogen (secondary N) is 1. The van der Waals surface area contributed by atoms with Crippen molar-refractivity contribution in [3.63, 3.8) is 0 Å². The lowest BCUT2D eigenvalue weighted by Crippen LogP contribution is -2.30. The molecule has 0 bridgehead atoms. The first kappa shape index (κ1) is 15.2. The number of aryl methyl sites for hydroxylation is 1. The molecule has 1 aliphatic heterocycles. The van der Waals surface area contributed by atoms with E-state index >= 15 is 0 Å². The summed E-state index contributed by atoms with van der Waals surface area (Å²) in [4.78, 5) is 19.2. The third-order valence-corrected chi connectivity index (χ3v) is 4.63. The molecule has 1 fully saturated rings. The van der Waals surface area contributed by atoms with E-state index in [1.807, 2.05) is 0 Å². The number of rotatable bonds is 2. The number of carbonyl (C=O) groups is 1. The highest BCUT2D eigenvalue weighted by atomic mass is 32.2. The number of hydrogen-bond acceptors (Lipinski definition) is 6. The van der Waals surface area contributed by atoms with E-state index in [2.05, 4.69) is 9.97 Å². The molecule has 0 aliphatic carbocycles. The summed E-state index contributed by atoms with van der Waals surface area (Å²) in [6, 6.07) is 2.42. The van der Waals surface area contributed by atoms with Crippen molar-refractivity contribution in [2.24, 2.45) is 0 Å². The number of phenols is 1. The highest BCUT2D eigenvalue weighted by Crippen LogP contribution is 2.38. The van der Waals surface area contributed by atoms with Crippen LogP contribution >= 0.6 is 0 Å². The van der Waals surface area contributed by atoms with E-state index in [9.17, 15) is 22.7 Å². The highest BCUT2D eigenvalue weighted by molar-refractivity contribution is 7.92. The summed E-state index contributed by atoms with van der Waals surface area (Å²) in [6.45, 7) is 1.05. The molecule has 0 radical (unpaired) electrons. The summed E-state index contributed by atoms with van der Waals surface area (Å²) in [5, 5.41) is 9.87. The molecule has 1 amide bonds. The van der Waals surface area contributed by atoms with Crippen molar-refractivity contribution in [3.8, 4) is 16.9 Å². The van der Waals surface area contributed by atoms with E-state index in [1.54, 1.807) is 11.6 Å². The molecule has 2 heterocycles. The molecule has 0 saturated carbocycles. The fraction of sp³-hybridized carbons (Fsp3) is 0.154. The van der Waals surface area contributed by atoms with Crippen LogP contribution in [-0.4, -0.2) is 35.9 Å². The van der Waals surface area contributed by atoms with E-state index in [-0.39, 0.29) is 5.56 Å². The molecule has 0 spiro atoms. The van der Waals surface area contributed by atoms with Crippen molar-refractivity contribution in [3.05, 3.63) is 36.2 Å². The SMILES string of the molecule is Cc1ncc(-c2ccc(O)c(N3CC(=O)NS3(=O)=O)c2F)cn1. The normalized spacial score (nSPS) is 16.4. The maximum Gasteiger partial charge on any atom is 0.326 e. The van der Waals surface area contributed by atoms with Crippen LogP contribution in [0.4, 0.5) is 10.1 Å². The van der Waals surface area contributed by atoms with Crippen molar-refractivity contribution in [1.29, 1.82) is 0 Å². The Balaban J connectivity index is 2.17. The van der Waals surface area contributed by atoms with Crippen LogP contribution in [-0.2, 0) is 15.0 Å². The second-order valence-electron chi connectivity index (χ2n) is 4.85. The van der Waals surface area contributed by atoms with Gasteiger partial charge in [0.15, 0.2) is 5.82 Å². The van der Waals surface area contributed by atoms with E-state index in [1.165, 1.54) is 18.5 Å². The van der Waals surface area contributed by atoms with E-state index in [4.69, 9.17) is 0 Å². The minimum Gasteiger partial charge on any atom is -0.506 e. The van der Waals surface area contributed by atoms with Crippen molar-refractivity contribution in [1.82, 2.24) is 14.7 Å². The fourth-order valence-corrected chi connectivity index (χ4v) is 3.36. The van der Waals surface area contributed by atoms with Gasteiger partial charge in [-0.25, -0.2) is 23.4 Å². The minimum absolute atomic E-state index is 0.00680. The van der Waals surface area contributed by atoms with Crippen molar-refractivity contribution in [2.45, 2.75) is 6.92 Å². The average molecular weight is 338 g/mol. The van der Waals surface area contributed by atoms with Crippen molar-refractivity contribution in [2.75, 3.05) is 10.8 Å². The first-order valence-corrected chi connectivity index (χ1v) is 7.87. The van der Waals surface area contributed by atoms with E-state index in [0.29, 0.717) is 15.7 Å². The molecule has 3 rings (SSSR count). The number of aromatic hydroxyl groups is 1. The summed E-state index contributed by atoms with van der Waals surface area (Å²) in [5.41, 5.74) is -0.279. The zero-order chi connectivity index (χ0) is 16.8. The van der Waals surface area contributed by atoms with Gasteiger partial charge >= 0.3 is 10.2 Å². The molecule has 120 valence electrons. The molecule has 0 unspecified atom stereocenters. The fourth-order valence-electron chi connectivity index (χ4n) is 2.19. The molecule has 23 heavy (non-hydrogen) atoms. The molecule has 1 saturated heterocycles. The predicted molar refractivity (Wildman–Crippen MR) is 78.2 cm³/mol. The molecule has 8 nitrogen and oxygen atoms in total. The van der Waals surface area contributed by atoms with Crippen LogP contribution in [0.5, 0.6) is 5.75 Å². The van der Waals surface area contributed by atoms with Gasteiger partial charge in [0.1, 0.15) is 23.8 Å². The monoisotopic (exact) mass is 338 g/mol. The van der Waals surface area contributed by atoms with Gasteiger partial charge < -0.3 is 5.11 Å². The van der Waals surface area contributed by atoms with Gasteiger partial charge in [-0.1, -0.05) is 0 Å². The number of benzene rings is 1. The van der Waals surface area contributed by atoms with Gasteiger partial charge in [-0.05, 0) is 19.1 Å². The Bertz CT molecular complexity index is 899. The first-order valence-electron chi connectivity index (χ1n) is 6.43. The summed E-state index contributed by atoms with van der Waals surface area (Å²) >= 11 is 0. The molecule has 2 aromatic rings. The maximum absolute atomic E-state index is 14.8. The van der Waals surface area contributed by atoms with Crippen molar-refractivity contribution >= 4 is 21.8 Å².